The summed E-state index contributed by atoms with van der Waals surface area (Å²) < 4.78 is 18.1. The Morgan fingerprint density at radius 2 is 1.89 bits per heavy atom. The normalized spacial score (nSPS) is 18.0. The number of likely N-dealkylation sites (tertiary alicyclic amines) is 1. The minimum Gasteiger partial charge on any atom is -0.497 e. The summed E-state index contributed by atoms with van der Waals surface area (Å²) in [7, 11) is 1.61. The lowest BCUT2D eigenvalue weighted by Crippen LogP contribution is -2.44. The Kier molecular flexibility index (Phi) is 6.56. The third kappa shape index (κ3) is 4.87. The molecule has 2 unspecified atom stereocenters. The molecular weight excluding hydrogens is 450 g/mol. The van der Waals surface area contributed by atoms with Crippen molar-refractivity contribution >= 4 is 28.9 Å². The number of aromatic nitrogens is 3. The molecule has 1 amide bonds. The smallest absolute Gasteiger partial charge is 0.411 e. The lowest BCUT2D eigenvalue weighted by molar-refractivity contribution is -0.148. The fraction of sp³-hybridized carbons (Fsp3) is 0.440. The summed E-state index contributed by atoms with van der Waals surface area (Å²) in [6.45, 7) is 7.59. The third-order valence-electron chi connectivity index (χ3n) is 5.90. The first-order valence-corrected chi connectivity index (χ1v) is 11.5. The maximum atomic E-state index is 13.0. The number of fused-ring (bicyclic) bond motifs is 1. The van der Waals surface area contributed by atoms with E-state index in [-0.39, 0.29) is 19.2 Å². The molecule has 1 aliphatic heterocycles. The molecule has 10 nitrogen and oxygen atoms in total. The van der Waals surface area contributed by atoms with E-state index < -0.39 is 23.7 Å². The van der Waals surface area contributed by atoms with Crippen LogP contribution in [0.15, 0.2) is 36.8 Å². The third-order valence-corrected chi connectivity index (χ3v) is 5.90. The van der Waals surface area contributed by atoms with Gasteiger partial charge in [0, 0.05) is 24.7 Å². The van der Waals surface area contributed by atoms with Crippen molar-refractivity contribution in [3.63, 3.8) is 0 Å². The highest BCUT2D eigenvalue weighted by Crippen LogP contribution is 2.38. The van der Waals surface area contributed by atoms with Crippen LogP contribution in [0.1, 0.15) is 40.2 Å². The van der Waals surface area contributed by atoms with Crippen molar-refractivity contribution in [2.75, 3.05) is 26.0 Å². The summed E-state index contributed by atoms with van der Waals surface area (Å²) in [5.74, 6) is 0.633. The summed E-state index contributed by atoms with van der Waals surface area (Å²) in [6.07, 6.45) is 3.16. The number of carbonyl (C=O) groups excluding carboxylic acids is 2. The van der Waals surface area contributed by atoms with Gasteiger partial charge in [-0.25, -0.2) is 19.6 Å². The van der Waals surface area contributed by atoms with Crippen LogP contribution in [0.4, 0.5) is 10.6 Å². The first-order chi connectivity index (χ1) is 16.6. The van der Waals surface area contributed by atoms with Crippen LogP contribution >= 0.6 is 0 Å². The zero-order valence-corrected chi connectivity index (χ0v) is 20.6. The average molecular weight is 482 g/mol. The number of benzene rings is 1. The number of hydrogen-bond acceptors (Lipinski definition) is 8. The Morgan fingerprint density at radius 1 is 1.17 bits per heavy atom. The van der Waals surface area contributed by atoms with Gasteiger partial charge in [0.05, 0.1) is 25.1 Å². The number of carbonyl (C=O) groups is 2. The van der Waals surface area contributed by atoms with Gasteiger partial charge in [-0.3, -0.25) is 4.90 Å². The second-order valence-corrected chi connectivity index (χ2v) is 9.43. The molecule has 0 saturated carbocycles. The first kappa shape index (κ1) is 24.3. The van der Waals surface area contributed by atoms with Gasteiger partial charge in [0.1, 0.15) is 35.2 Å². The Balaban J connectivity index is 1.76. The number of methoxy groups -OCH3 is 1. The van der Waals surface area contributed by atoms with Crippen LogP contribution in [0.2, 0.25) is 0 Å². The summed E-state index contributed by atoms with van der Waals surface area (Å²) >= 11 is 0. The Morgan fingerprint density at radius 3 is 2.51 bits per heavy atom. The quantitative estimate of drug-likeness (QED) is 0.546. The molecule has 2 atom stereocenters. The van der Waals surface area contributed by atoms with Gasteiger partial charge in [-0.15, -0.1) is 0 Å². The molecule has 10 heteroatoms. The number of nitrogens with two attached hydrogens (primary N) is 1. The van der Waals surface area contributed by atoms with E-state index in [2.05, 4.69) is 9.97 Å². The standard InChI is InChI=1S/C25H31N5O5/c1-6-34-23(31)19-11-16(12-30(19)24(32)35-25(2,3)4)29-13-18(15-7-9-17(33-5)10-8-15)20-21(26)27-14-28-22(20)29/h7-10,13-14,16,19H,6,11-12H2,1-5H3,(H2,26,27,28). The minimum absolute atomic E-state index is 0.222. The number of nitrogen functional groups attached to an aromatic ring is 1. The van der Waals surface area contributed by atoms with E-state index in [1.54, 1.807) is 34.8 Å². The zero-order chi connectivity index (χ0) is 25.3. The molecule has 0 bridgehead atoms. The summed E-state index contributed by atoms with van der Waals surface area (Å²) in [5.41, 5.74) is 7.97. The molecule has 2 aromatic heterocycles. The van der Waals surface area contributed by atoms with E-state index in [0.717, 1.165) is 16.9 Å². The van der Waals surface area contributed by atoms with Crippen LogP contribution in [-0.4, -0.2) is 63.4 Å². The number of amides is 1. The largest absolute Gasteiger partial charge is 0.497 e. The van der Waals surface area contributed by atoms with Crippen LogP contribution in [0.5, 0.6) is 5.75 Å². The van der Waals surface area contributed by atoms with Crippen molar-refractivity contribution in [2.24, 2.45) is 0 Å². The minimum atomic E-state index is -0.768. The molecule has 3 aromatic rings. The molecular formula is C25H31N5O5. The maximum Gasteiger partial charge on any atom is 0.411 e. The fourth-order valence-corrected chi connectivity index (χ4v) is 4.38. The molecule has 1 fully saturated rings. The molecule has 186 valence electrons. The monoisotopic (exact) mass is 481 g/mol. The molecule has 35 heavy (non-hydrogen) atoms. The molecule has 2 N–H and O–H groups in total. The SMILES string of the molecule is CCOC(=O)C1CC(n2cc(-c3ccc(OC)cc3)c3c(N)ncnc32)CN1C(=O)OC(C)(C)C. The summed E-state index contributed by atoms with van der Waals surface area (Å²) in [4.78, 5) is 35.9. The maximum absolute atomic E-state index is 13.0. The van der Waals surface area contributed by atoms with Crippen molar-refractivity contribution in [2.45, 2.75) is 51.8 Å². The lowest BCUT2D eigenvalue weighted by Gasteiger charge is -2.27. The Bertz CT molecular complexity index is 1230. The average Bonchev–Trinajstić information content (AvgIpc) is 3.41. The van der Waals surface area contributed by atoms with Gasteiger partial charge < -0.3 is 24.5 Å². The van der Waals surface area contributed by atoms with Gasteiger partial charge >= 0.3 is 12.1 Å². The van der Waals surface area contributed by atoms with E-state index in [0.29, 0.717) is 23.3 Å². The second kappa shape index (κ2) is 9.44. The van der Waals surface area contributed by atoms with E-state index in [1.807, 2.05) is 35.0 Å². The predicted octanol–water partition coefficient (Wildman–Crippen LogP) is 3.80. The van der Waals surface area contributed by atoms with Crippen molar-refractivity contribution in [1.82, 2.24) is 19.4 Å². The molecule has 0 spiro atoms. The van der Waals surface area contributed by atoms with Gasteiger partial charge in [0.15, 0.2) is 0 Å². The predicted molar refractivity (Wildman–Crippen MR) is 131 cm³/mol. The lowest BCUT2D eigenvalue weighted by atomic mass is 10.1. The van der Waals surface area contributed by atoms with Gasteiger partial charge in [-0.05, 0) is 45.4 Å². The molecule has 3 heterocycles. The molecule has 0 radical (unpaired) electrons. The molecule has 1 aliphatic rings. The Hall–Kier alpha value is -3.82. The van der Waals surface area contributed by atoms with Crippen LogP contribution in [0.25, 0.3) is 22.2 Å². The number of esters is 1. The highest BCUT2D eigenvalue weighted by Gasteiger charge is 2.43. The number of hydrogen-bond donors (Lipinski definition) is 1. The van der Waals surface area contributed by atoms with E-state index in [4.69, 9.17) is 19.9 Å². The van der Waals surface area contributed by atoms with Gasteiger partial charge in [-0.1, -0.05) is 12.1 Å². The van der Waals surface area contributed by atoms with Crippen LogP contribution in [0, 0.1) is 0 Å². The van der Waals surface area contributed by atoms with E-state index >= 15 is 0 Å². The molecule has 4 rings (SSSR count). The van der Waals surface area contributed by atoms with Crippen LogP contribution < -0.4 is 10.5 Å². The topological polar surface area (TPSA) is 122 Å². The van der Waals surface area contributed by atoms with Crippen molar-refractivity contribution in [3.05, 3.63) is 36.8 Å². The van der Waals surface area contributed by atoms with E-state index in [1.165, 1.54) is 11.2 Å². The van der Waals surface area contributed by atoms with E-state index in [9.17, 15) is 9.59 Å². The van der Waals surface area contributed by atoms with Crippen molar-refractivity contribution < 1.29 is 23.8 Å². The second-order valence-electron chi connectivity index (χ2n) is 9.43. The van der Waals surface area contributed by atoms with Crippen molar-refractivity contribution in [3.8, 4) is 16.9 Å². The fourth-order valence-electron chi connectivity index (χ4n) is 4.38. The number of rotatable bonds is 5. The first-order valence-electron chi connectivity index (χ1n) is 11.5. The summed E-state index contributed by atoms with van der Waals surface area (Å²) in [5, 5.41) is 0.709. The molecule has 1 aromatic carbocycles. The number of nitrogens with zero attached hydrogens (tertiary/aromatic N) is 4. The summed E-state index contributed by atoms with van der Waals surface area (Å²) in [6, 6.07) is 6.60. The van der Waals surface area contributed by atoms with Gasteiger partial charge in [0.2, 0.25) is 0 Å². The molecule has 1 saturated heterocycles. The van der Waals surface area contributed by atoms with Crippen LogP contribution in [-0.2, 0) is 14.3 Å². The highest BCUT2D eigenvalue weighted by atomic mass is 16.6. The van der Waals surface area contributed by atoms with Crippen LogP contribution in [0.3, 0.4) is 0 Å². The number of anilines is 1. The van der Waals surface area contributed by atoms with Gasteiger partial charge in [0.25, 0.3) is 0 Å². The Labute approximate surface area is 204 Å². The molecule has 0 aliphatic carbocycles. The zero-order valence-electron chi connectivity index (χ0n) is 20.6. The van der Waals surface area contributed by atoms with Gasteiger partial charge in [-0.2, -0.15) is 0 Å². The highest BCUT2D eigenvalue weighted by molar-refractivity contribution is 6.00. The number of ether oxygens (including phenoxy) is 3. The van der Waals surface area contributed by atoms with Crippen molar-refractivity contribution in [1.29, 1.82) is 0 Å².